The van der Waals surface area contributed by atoms with Crippen molar-refractivity contribution < 1.29 is 5.11 Å². The highest BCUT2D eigenvalue weighted by atomic mass is 16.3. The lowest BCUT2D eigenvalue weighted by Gasteiger charge is -2.24. The van der Waals surface area contributed by atoms with E-state index in [1.54, 1.807) is 0 Å². The molecule has 0 fully saturated rings. The Morgan fingerprint density at radius 2 is 1.50 bits per heavy atom. The van der Waals surface area contributed by atoms with Gasteiger partial charge in [-0.1, -0.05) is 13.8 Å². The first kappa shape index (κ1) is 14.4. The second-order valence-corrected chi connectivity index (χ2v) is 3.06. The summed E-state index contributed by atoms with van der Waals surface area (Å²) in [4.78, 5) is 4.10. The van der Waals surface area contributed by atoms with E-state index in [0.717, 1.165) is 6.54 Å². The number of aliphatic hydroxyl groups excluding tert-OH is 1. The Morgan fingerprint density at radius 3 is 1.58 bits per heavy atom. The molecule has 1 atom stereocenters. The van der Waals surface area contributed by atoms with Crippen LogP contribution in [0.25, 0.3) is 0 Å². The van der Waals surface area contributed by atoms with E-state index in [4.69, 9.17) is 5.11 Å². The molecule has 0 aromatic heterocycles. The van der Waals surface area contributed by atoms with E-state index in [1.165, 1.54) is 0 Å². The predicted molar refractivity (Wildman–Crippen MR) is 54.5 cm³/mol. The molecule has 12 heavy (non-hydrogen) atoms. The van der Waals surface area contributed by atoms with Crippen LogP contribution in [-0.4, -0.2) is 62.3 Å². The number of hydrogen-bond donors (Lipinski definition) is 1. The molecule has 0 rings (SSSR count). The van der Waals surface area contributed by atoms with Crippen LogP contribution in [0.3, 0.4) is 0 Å². The number of nitrogens with zero attached hydrogens (tertiary/aromatic N) is 2. The van der Waals surface area contributed by atoms with Gasteiger partial charge in [0.1, 0.15) is 0 Å². The SMILES string of the molecule is CC.CN(C)CC(CO)N(C)C. The van der Waals surface area contributed by atoms with Gasteiger partial charge in [-0.3, -0.25) is 0 Å². The molecule has 0 aliphatic carbocycles. The highest BCUT2D eigenvalue weighted by molar-refractivity contribution is 4.66. The van der Waals surface area contributed by atoms with Crippen LogP contribution >= 0.6 is 0 Å². The number of likely N-dealkylation sites (N-methyl/N-ethyl adjacent to an activating group) is 2. The van der Waals surface area contributed by atoms with Crippen molar-refractivity contribution >= 4 is 0 Å². The molecular formula is C9H24N2O. The van der Waals surface area contributed by atoms with Crippen LogP contribution in [0, 0.1) is 0 Å². The van der Waals surface area contributed by atoms with E-state index in [-0.39, 0.29) is 12.6 Å². The van der Waals surface area contributed by atoms with Gasteiger partial charge in [-0.05, 0) is 28.2 Å². The molecule has 0 aromatic rings. The van der Waals surface area contributed by atoms with Crippen LogP contribution in [-0.2, 0) is 0 Å². The summed E-state index contributed by atoms with van der Waals surface area (Å²) in [6.45, 7) is 5.13. The average Bonchev–Trinajstić information content (AvgIpc) is 2.03. The summed E-state index contributed by atoms with van der Waals surface area (Å²) in [5.74, 6) is 0. The Labute approximate surface area is 77.0 Å². The van der Waals surface area contributed by atoms with Crippen molar-refractivity contribution in [2.45, 2.75) is 19.9 Å². The van der Waals surface area contributed by atoms with Crippen molar-refractivity contribution in [1.29, 1.82) is 0 Å². The van der Waals surface area contributed by atoms with Crippen LogP contribution in [0.15, 0.2) is 0 Å². The lowest BCUT2D eigenvalue weighted by Crippen LogP contribution is -2.39. The molecule has 0 spiro atoms. The maximum atomic E-state index is 8.88. The molecule has 3 nitrogen and oxygen atoms in total. The van der Waals surface area contributed by atoms with Crippen LogP contribution < -0.4 is 0 Å². The fraction of sp³-hybridized carbons (Fsp3) is 1.00. The van der Waals surface area contributed by atoms with E-state index in [2.05, 4.69) is 4.90 Å². The second kappa shape index (κ2) is 8.97. The summed E-state index contributed by atoms with van der Waals surface area (Å²) in [6.07, 6.45) is 0. The van der Waals surface area contributed by atoms with Crippen molar-refractivity contribution in [2.24, 2.45) is 0 Å². The molecular weight excluding hydrogens is 152 g/mol. The molecule has 0 aliphatic rings. The molecule has 0 aromatic carbocycles. The van der Waals surface area contributed by atoms with Gasteiger partial charge in [0.2, 0.25) is 0 Å². The number of hydrogen-bond acceptors (Lipinski definition) is 3. The smallest absolute Gasteiger partial charge is 0.0599 e. The number of rotatable bonds is 4. The minimum absolute atomic E-state index is 0.227. The summed E-state index contributed by atoms with van der Waals surface area (Å²) in [5.41, 5.74) is 0. The molecule has 0 heterocycles. The highest BCUT2D eigenvalue weighted by Gasteiger charge is 2.09. The van der Waals surface area contributed by atoms with Crippen LogP contribution in [0.4, 0.5) is 0 Å². The molecule has 1 N–H and O–H groups in total. The van der Waals surface area contributed by atoms with Gasteiger partial charge < -0.3 is 14.9 Å². The summed E-state index contributed by atoms with van der Waals surface area (Å²) in [5, 5.41) is 8.88. The van der Waals surface area contributed by atoms with Gasteiger partial charge in [-0.2, -0.15) is 0 Å². The fourth-order valence-corrected chi connectivity index (χ4v) is 0.806. The third kappa shape index (κ3) is 7.98. The molecule has 0 bridgehead atoms. The fourth-order valence-electron chi connectivity index (χ4n) is 0.806. The van der Waals surface area contributed by atoms with Crippen LogP contribution in [0.5, 0.6) is 0 Å². The first-order valence-corrected chi connectivity index (χ1v) is 4.50. The van der Waals surface area contributed by atoms with Gasteiger partial charge in [0.15, 0.2) is 0 Å². The van der Waals surface area contributed by atoms with E-state index in [1.807, 2.05) is 46.9 Å². The van der Waals surface area contributed by atoms with Crippen molar-refractivity contribution in [1.82, 2.24) is 9.80 Å². The maximum absolute atomic E-state index is 8.88. The molecule has 0 saturated carbocycles. The summed E-state index contributed by atoms with van der Waals surface area (Å²) in [7, 11) is 7.97. The average molecular weight is 176 g/mol. The molecule has 1 unspecified atom stereocenters. The van der Waals surface area contributed by atoms with Crippen molar-refractivity contribution in [3.63, 3.8) is 0 Å². The van der Waals surface area contributed by atoms with E-state index >= 15 is 0 Å². The maximum Gasteiger partial charge on any atom is 0.0599 e. The van der Waals surface area contributed by atoms with E-state index < -0.39 is 0 Å². The minimum atomic E-state index is 0.227. The molecule has 0 amide bonds. The van der Waals surface area contributed by atoms with Gasteiger partial charge in [-0.15, -0.1) is 0 Å². The van der Waals surface area contributed by atoms with Gasteiger partial charge in [0, 0.05) is 12.6 Å². The summed E-state index contributed by atoms with van der Waals surface area (Å²) >= 11 is 0. The van der Waals surface area contributed by atoms with Gasteiger partial charge in [-0.25, -0.2) is 0 Å². The molecule has 0 aliphatic heterocycles. The zero-order valence-corrected chi connectivity index (χ0v) is 9.33. The molecule has 0 radical (unpaired) electrons. The highest BCUT2D eigenvalue weighted by Crippen LogP contribution is 1.92. The van der Waals surface area contributed by atoms with Crippen LogP contribution in [0.1, 0.15) is 13.8 Å². The Hall–Kier alpha value is -0.120. The van der Waals surface area contributed by atoms with Crippen molar-refractivity contribution in [3.05, 3.63) is 0 Å². The Kier molecular flexibility index (Phi) is 10.8. The lowest BCUT2D eigenvalue weighted by atomic mass is 10.3. The zero-order chi connectivity index (χ0) is 10.1. The lowest BCUT2D eigenvalue weighted by molar-refractivity contribution is 0.141. The summed E-state index contributed by atoms with van der Waals surface area (Å²) < 4.78 is 0. The predicted octanol–water partition coefficient (Wildman–Crippen LogP) is 0.497. The van der Waals surface area contributed by atoms with E-state index in [0.29, 0.717) is 0 Å². The minimum Gasteiger partial charge on any atom is -0.395 e. The van der Waals surface area contributed by atoms with Gasteiger partial charge >= 0.3 is 0 Å². The Morgan fingerprint density at radius 1 is 1.08 bits per heavy atom. The number of aliphatic hydroxyl groups is 1. The zero-order valence-electron chi connectivity index (χ0n) is 9.33. The Bertz CT molecular complexity index is 84.6. The third-order valence-corrected chi connectivity index (χ3v) is 1.52. The molecule has 3 heteroatoms. The van der Waals surface area contributed by atoms with Gasteiger partial charge in [0.05, 0.1) is 6.61 Å². The van der Waals surface area contributed by atoms with Crippen molar-refractivity contribution in [2.75, 3.05) is 41.3 Å². The summed E-state index contributed by atoms with van der Waals surface area (Å²) in [6, 6.07) is 0.259. The van der Waals surface area contributed by atoms with Crippen molar-refractivity contribution in [3.8, 4) is 0 Å². The second-order valence-electron chi connectivity index (χ2n) is 3.06. The standard InChI is InChI=1S/C7H18N2O.C2H6/c1-8(2)5-7(6-10)9(3)4;1-2/h7,10H,5-6H2,1-4H3;1-2H3. The molecule has 76 valence electrons. The van der Waals surface area contributed by atoms with Crippen LogP contribution in [0.2, 0.25) is 0 Å². The molecule has 0 saturated heterocycles. The topological polar surface area (TPSA) is 26.7 Å². The third-order valence-electron chi connectivity index (χ3n) is 1.52. The normalized spacial score (nSPS) is 12.8. The van der Waals surface area contributed by atoms with E-state index in [9.17, 15) is 0 Å². The first-order chi connectivity index (χ1) is 5.57. The monoisotopic (exact) mass is 176 g/mol. The van der Waals surface area contributed by atoms with Gasteiger partial charge in [0.25, 0.3) is 0 Å². The first-order valence-electron chi connectivity index (χ1n) is 4.50. The quantitative estimate of drug-likeness (QED) is 0.675. The Balaban J connectivity index is 0. The largest absolute Gasteiger partial charge is 0.395 e.